The second-order valence-electron chi connectivity index (χ2n) is 5.36. The van der Waals surface area contributed by atoms with E-state index in [1.54, 1.807) is 18.5 Å². The number of allylic oxidation sites excluding steroid dienone is 2. The Morgan fingerprint density at radius 3 is 3.00 bits per heavy atom. The Morgan fingerprint density at radius 1 is 1.36 bits per heavy atom. The van der Waals surface area contributed by atoms with E-state index in [4.69, 9.17) is 0 Å². The van der Waals surface area contributed by atoms with Gasteiger partial charge >= 0.3 is 0 Å². The van der Waals surface area contributed by atoms with E-state index in [1.165, 1.54) is 11.8 Å². The van der Waals surface area contributed by atoms with Crippen LogP contribution in [0.4, 0.5) is 5.95 Å². The fourth-order valence-electron chi connectivity index (χ4n) is 2.30. The lowest BCUT2D eigenvalue weighted by molar-refractivity contribution is 0.949. The Bertz CT molecular complexity index is 838. The van der Waals surface area contributed by atoms with Gasteiger partial charge in [0.25, 0.3) is 0 Å². The molecule has 2 aromatic heterocycles. The summed E-state index contributed by atoms with van der Waals surface area (Å²) in [5, 5.41) is 18.9. The zero-order valence-corrected chi connectivity index (χ0v) is 14.7. The average molecular weight is 350 g/mol. The molecule has 0 spiro atoms. The summed E-state index contributed by atoms with van der Waals surface area (Å²) in [6.07, 6.45) is 7.00. The summed E-state index contributed by atoms with van der Waals surface area (Å²) in [5.41, 5.74) is 3.40. The smallest absolute Gasteiger partial charge is 0.223 e. The summed E-state index contributed by atoms with van der Waals surface area (Å²) in [4.78, 5) is 12.8. The van der Waals surface area contributed by atoms with Crippen molar-refractivity contribution in [1.82, 2.24) is 20.3 Å². The maximum Gasteiger partial charge on any atom is 0.223 e. The molecule has 0 radical (unpaired) electrons. The van der Waals surface area contributed by atoms with Gasteiger partial charge in [0.2, 0.25) is 5.95 Å². The number of hydrogen-bond donors (Lipinski definition) is 2. The van der Waals surface area contributed by atoms with Crippen molar-refractivity contribution in [2.24, 2.45) is 0 Å². The van der Waals surface area contributed by atoms with Gasteiger partial charge in [0.15, 0.2) is 0 Å². The van der Waals surface area contributed by atoms with Crippen molar-refractivity contribution in [2.45, 2.75) is 19.8 Å². The number of pyridine rings is 1. The van der Waals surface area contributed by atoms with E-state index >= 15 is 0 Å². The van der Waals surface area contributed by atoms with Gasteiger partial charge in [-0.25, -0.2) is 9.97 Å². The third kappa shape index (κ3) is 4.37. The molecule has 0 aliphatic carbocycles. The summed E-state index contributed by atoms with van der Waals surface area (Å²) in [5.74, 6) is 0.515. The van der Waals surface area contributed by atoms with E-state index in [9.17, 15) is 5.26 Å². The number of thioether (sulfide) groups is 1. The van der Waals surface area contributed by atoms with E-state index in [2.05, 4.69) is 38.6 Å². The Morgan fingerprint density at radius 2 is 2.28 bits per heavy atom. The Balaban J connectivity index is 1.69. The highest BCUT2D eigenvalue weighted by Gasteiger charge is 2.16. The van der Waals surface area contributed by atoms with E-state index in [0.717, 1.165) is 29.1 Å². The fraction of sp³-hybridized carbons (Fsp3) is 0.222. The molecule has 3 heterocycles. The number of nitriles is 1. The molecule has 0 unspecified atom stereocenters. The molecule has 6 nitrogen and oxygen atoms in total. The minimum atomic E-state index is 0.515. The summed E-state index contributed by atoms with van der Waals surface area (Å²) in [6.45, 7) is 2.77. The molecular formula is C18H18N6S. The maximum atomic E-state index is 9.54. The van der Waals surface area contributed by atoms with Crippen molar-refractivity contribution in [2.75, 3.05) is 11.9 Å². The van der Waals surface area contributed by atoms with Crippen LogP contribution in [0.3, 0.4) is 0 Å². The van der Waals surface area contributed by atoms with Crippen LogP contribution in [0, 0.1) is 11.3 Å². The van der Waals surface area contributed by atoms with Gasteiger partial charge in [0.1, 0.15) is 11.6 Å². The first-order valence-electron chi connectivity index (χ1n) is 8.03. The van der Waals surface area contributed by atoms with Gasteiger partial charge in [-0.1, -0.05) is 24.8 Å². The Hall–Kier alpha value is -2.85. The number of hydrogen-bond acceptors (Lipinski definition) is 7. The SMILES string of the molecule is CCC1=CSC(=C(C#N)c2ccnc(NCCc3cccnc3)n2)N1. The van der Waals surface area contributed by atoms with E-state index < -0.39 is 0 Å². The van der Waals surface area contributed by atoms with Crippen molar-refractivity contribution in [3.8, 4) is 6.07 Å². The van der Waals surface area contributed by atoms with Crippen molar-refractivity contribution >= 4 is 23.3 Å². The maximum absolute atomic E-state index is 9.54. The molecular weight excluding hydrogens is 332 g/mol. The highest BCUT2D eigenvalue weighted by Crippen LogP contribution is 2.31. The molecule has 3 rings (SSSR count). The monoisotopic (exact) mass is 350 g/mol. The first kappa shape index (κ1) is 17.0. The molecule has 2 N–H and O–H groups in total. The minimum Gasteiger partial charge on any atom is -0.354 e. The van der Waals surface area contributed by atoms with E-state index in [1.807, 2.05) is 23.7 Å². The van der Waals surface area contributed by atoms with Crippen LogP contribution < -0.4 is 10.6 Å². The van der Waals surface area contributed by atoms with Crippen LogP contribution in [-0.2, 0) is 6.42 Å². The number of nitrogens with zero attached hydrogens (tertiary/aromatic N) is 4. The molecule has 0 amide bonds. The summed E-state index contributed by atoms with van der Waals surface area (Å²) >= 11 is 1.52. The normalized spacial score (nSPS) is 15.1. The van der Waals surface area contributed by atoms with E-state index in [0.29, 0.717) is 23.8 Å². The van der Waals surface area contributed by atoms with Crippen molar-refractivity contribution < 1.29 is 0 Å². The van der Waals surface area contributed by atoms with Gasteiger partial charge in [0, 0.05) is 30.8 Å². The van der Waals surface area contributed by atoms with Gasteiger partial charge in [0.05, 0.1) is 10.7 Å². The third-order valence-corrected chi connectivity index (χ3v) is 4.59. The van der Waals surface area contributed by atoms with Crippen LogP contribution in [-0.4, -0.2) is 21.5 Å². The molecule has 0 atom stereocenters. The zero-order chi connectivity index (χ0) is 17.5. The minimum absolute atomic E-state index is 0.515. The van der Waals surface area contributed by atoms with Crippen LogP contribution in [0.5, 0.6) is 0 Å². The number of anilines is 1. The standard InChI is InChI=1S/C18H18N6S/c1-2-14-12-25-17(23-14)15(10-19)16-6-9-22-18(24-16)21-8-5-13-4-3-7-20-11-13/h3-4,6-7,9,11-12,23H,2,5,8H2,1H3,(H,21,22,24). The van der Waals surface area contributed by atoms with Crippen molar-refractivity contribution in [1.29, 1.82) is 5.26 Å². The highest BCUT2D eigenvalue weighted by molar-refractivity contribution is 8.06. The van der Waals surface area contributed by atoms with Gasteiger partial charge in [-0.05, 0) is 35.9 Å². The quantitative estimate of drug-likeness (QED) is 0.773. The first-order chi connectivity index (χ1) is 12.3. The van der Waals surface area contributed by atoms with Gasteiger partial charge in [-0.3, -0.25) is 4.98 Å². The highest BCUT2D eigenvalue weighted by atomic mass is 32.2. The molecule has 25 heavy (non-hydrogen) atoms. The fourth-order valence-corrected chi connectivity index (χ4v) is 3.24. The predicted molar refractivity (Wildman–Crippen MR) is 100 cm³/mol. The molecule has 0 saturated carbocycles. The Labute approximate surface area is 151 Å². The predicted octanol–water partition coefficient (Wildman–Crippen LogP) is 3.31. The lowest BCUT2D eigenvalue weighted by Crippen LogP contribution is -2.10. The molecule has 126 valence electrons. The lowest BCUT2D eigenvalue weighted by Gasteiger charge is -2.08. The molecule has 2 aromatic rings. The van der Waals surface area contributed by atoms with Gasteiger partial charge in [-0.15, -0.1) is 0 Å². The van der Waals surface area contributed by atoms with Crippen LogP contribution in [0.25, 0.3) is 5.57 Å². The lowest BCUT2D eigenvalue weighted by atomic mass is 10.2. The van der Waals surface area contributed by atoms with Crippen LogP contribution in [0.1, 0.15) is 24.6 Å². The molecule has 0 bridgehead atoms. The number of aromatic nitrogens is 3. The molecule has 1 aliphatic rings. The first-order valence-corrected chi connectivity index (χ1v) is 8.91. The third-order valence-electron chi connectivity index (χ3n) is 3.64. The molecule has 1 aliphatic heterocycles. The summed E-state index contributed by atoms with van der Waals surface area (Å²) in [7, 11) is 0. The van der Waals surface area contributed by atoms with Gasteiger partial charge < -0.3 is 10.6 Å². The van der Waals surface area contributed by atoms with Gasteiger partial charge in [-0.2, -0.15) is 5.26 Å². The molecule has 0 saturated heterocycles. The van der Waals surface area contributed by atoms with E-state index in [-0.39, 0.29) is 0 Å². The second-order valence-corrected chi connectivity index (χ2v) is 6.24. The van der Waals surface area contributed by atoms with Crippen LogP contribution >= 0.6 is 11.8 Å². The Kier molecular flexibility index (Phi) is 5.65. The summed E-state index contributed by atoms with van der Waals surface area (Å²) in [6, 6.07) is 7.96. The second kappa shape index (κ2) is 8.31. The number of nitrogens with one attached hydrogen (secondary N) is 2. The zero-order valence-electron chi connectivity index (χ0n) is 13.9. The van der Waals surface area contributed by atoms with Crippen LogP contribution in [0.15, 0.2) is 52.9 Å². The number of rotatable bonds is 6. The largest absolute Gasteiger partial charge is 0.354 e. The van der Waals surface area contributed by atoms with Crippen molar-refractivity contribution in [3.05, 3.63) is 64.2 Å². The topological polar surface area (TPSA) is 86.5 Å². The molecule has 0 aromatic carbocycles. The average Bonchev–Trinajstić information content (AvgIpc) is 3.13. The summed E-state index contributed by atoms with van der Waals surface area (Å²) < 4.78 is 0. The van der Waals surface area contributed by atoms with Crippen molar-refractivity contribution in [3.63, 3.8) is 0 Å². The molecule has 7 heteroatoms. The molecule has 0 fully saturated rings. The van der Waals surface area contributed by atoms with Crippen LogP contribution in [0.2, 0.25) is 0 Å².